The van der Waals surface area contributed by atoms with Crippen LogP contribution in [0.4, 0.5) is 0 Å². The fraction of sp³-hybridized carbons (Fsp3) is 0.600. The molecule has 0 aromatic carbocycles. The second kappa shape index (κ2) is 46.1. The van der Waals surface area contributed by atoms with E-state index >= 15 is 0 Å². The molecule has 0 bridgehead atoms. The minimum absolute atomic E-state index is 0. The third-order valence-electron chi connectivity index (χ3n) is 0.498. The zero-order valence-corrected chi connectivity index (χ0v) is 17.9. The van der Waals surface area contributed by atoms with Gasteiger partial charge in [0, 0.05) is 0 Å². The molecule has 0 saturated carbocycles. The van der Waals surface area contributed by atoms with Crippen molar-refractivity contribution < 1.29 is 78.9 Å². The van der Waals surface area contributed by atoms with Gasteiger partial charge in [-0.05, 0) is 13.8 Å². The minimum atomic E-state index is -1.75. The smallest absolute Gasteiger partial charge is 0.356 e. The zero-order valence-electron chi connectivity index (χ0n) is 15.4. The summed E-state index contributed by atoms with van der Waals surface area (Å²) < 4.78 is 0. The van der Waals surface area contributed by atoms with Gasteiger partial charge in [-0.2, -0.15) is 0 Å². The maximum atomic E-state index is 10.0. The second-order valence-corrected chi connectivity index (χ2v) is 2.92. The average Bonchev–Trinajstić information content (AvgIpc) is 2.31. The molecule has 0 heterocycles. The zero-order chi connectivity index (χ0) is 27.3. The molecule has 33 heavy (non-hydrogen) atoms. The summed E-state index contributed by atoms with van der Waals surface area (Å²) >= 11 is 0. The van der Waals surface area contributed by atoms with Crippen molar-refractivity contribution in [2.45, 2.75) is 20.3 Å². The summed E-state index contributed by atoms with van der Waals surface area (Å²) in [5.41, 5.74) is 0. The summed E-state index contributed by atoms with van der Waals surface area (Å²) in [5.74, 6) is -0.125. The van der Waals surface area contributed by atoms with Crippen LogP contribution in [0.1, 0.15) is 20.3 Å². The van der Waals surface area contributed by atoms with E-state index in [1.807, 2.05) is 0 Å². The third kappa shape index (κ3) is 360000. The molecular formula is C5H8CuN6O20Ti. The van der Waals surface area contributed by atoms with Crippen molar-refractivity contribution in [2.24, 2.45) is 0 Å². The minimum Gasteiger partial charge on any atom is -0.356 e. The Labute approximate surface area is 203 Å². The molecule has 0 N–H and O–H groups in total. The van der Waals surface area contributed by atoms with Gasteiger partial charge in [-0.3, -0.25) is 9.59 Å². The number of carbonyl (C=O) groups excluding carboxylic acids is 2. The van der Waals surface area contributed by atoms with Gasteiger partial charge in [0.25, 0.3) is 0 Å². The Bertz CT molecular complexity index is 442. The molecule has 0 atom stereocenters. The molecule has 28 heteroatoms. The normalized spacial score (nSPS) is 6.12. The van der Waals surface area contributed by atoms with Crippen molar-refractivity contribution in [1.29, 1.82) is 0 Å². The predicted octanol–water partition coefficient (Wildman–Crippen LogP) is -0.885. The van der Waals surface area contributed by atoms with Gasteiger partial charge in [-0.25, -0.2) is 0 Å². The fourth-order valence-electron chi connectivity index (χ4n) is 0.351. The molecular weight excluding hydrogens is 575 g/mol. The molecule has 0 unspecified atom stereocenters. The Morgan fingerprint density at radius 3 is 0.515 bits per heavy atom. The van der Waals surface area contributed by atoms with E-state index in [9.17, 15) is 9.59 Å². The number of Topliss-reactive ketones (excluding diaryl/α,β-unsaturated/α-hetero) is 2. The van der Waals surface area contributed by atoms with Gasteiger partial charge >= 0.3 is 38.8 Å². The Morgan fingerprint density at radius 2 is 0.515 bits per heavy atom. The van der Waals surface area contributed by atoms with Crippen LogP contribution in [0, 0.1) is 91.9 Å². The summed E-state index contributed by atoms with van der Waals surface area (Å²) in [4.78, 5) is 69.6. The molecule has 0 saturated heterocycles. The van der Waals surface area contributed by atoms with E-state index in [1.165, 1.54) is 13.8 Å². The van der Waals surface area contributed by atoms with Gasteiger partial charge in [0.05, 0.1) is 36.9 Å². The molecule has 0 aliphatic heterocycles. The maximum Gasteiger partial charge on any atom is 4.00 e. The van der Waals surface area contributed by atoms with Gasteiger partial charge in [-0.1, -0.05) is 0 Å². The summed E-state index contributed by atoms with van der Waals surface area (Å²) in [7, 11) is 0. The van der Waals surface area contributed by atoms with Crippen LogP contribution in [0.25, 0.3) is 0 Å². The second-order valence-electron chi connectivity index (χ2n) is 2.92. The van der Waals surface area contributed by atoms with Crippen LogP contribution >= 0.6 is 0 Å². The van der Waals surface area contributed by atoms with Crippen LogP contribution in [0.2, 0.25) is 0 Å². The molecule has 0 rings (SSSR count). The van der Waals surface area contributed by atoms with Crippen molar-refractivity contribution in [3.05, 3.63) is 91.9 Å². The number of ketones is 2. The van der Waals surface area contributed by atoms with Crippen LogP contribution in [0.15, 0.2) is 0 Å². The van der Waals surface area contributed by atoms with Crippen LogP contribution in [0.5, 0.6) is 0 Å². The summed E-state index contributed by atoms with van der Waals surface area (Å²) in [6, 6.07) is 0. The largest absolute Gasteiger partial charge is 4.00 e. The van der Waals surface area contributed by atoms with Gasteiger partial charge in [0.2, 0.25) is 0 Å². The Balaban J connectivity index is -0.0000000292. The Kier molecular flexibility index (Phi) is 79.4. The Hall–Kier alpha value is -4.23. The number of hydrogen-bond acceptors (Lipinski definition) is 20. The van der Waals surface area contributed by atoms with E-state index in [0.29, 0.717) is 0 Å². The molecule has 0 fully saturated rings. The molecule has 0 aliphatic rings. The van der Waals surface area contributed by atoms with Gasteiger partial charge in [0.15, 0.2) is 0 Å². The number of hydrogen-bond donors (Lipinski definition) is 0. The van der Waals surface area contributed by atoms with Crippen LogP contribution in [-0.2, 0) is 48.4 Å². The van der Waals surface area contributed by atoms with Gasteiger partial charge in [-0.15, -0.1) is 0 Å². The summed E-state index contributed by atoms with van der Waals surface area (Å²) in [5, 5.41) is 88.5. The van der Waals surface area contributed by atoms with Crippen LogP contribution < -0.4 is 0 Å². The SMILES string of the molecule is CC(=O)CC(C)=O.O=[N+]([O-])[O-].O=[N+]([O-])[O-].O=[N+]([O-])[O-].O=[N+]([O-])[O-].O=[N+]([O-])[O-].O=[N+]([O-])[O-].[Cu+2].[Ti+4]. The topological polar surface area (TPSA) is 431 Å². The van der Waals surface area contributed by atoms with Crippen molar-refractivity contribution in [3.63, 3.8) is 0 Å². The first-order valence-electron chi connectivity index (χ1n) is 5.40. The molecule has 0 aliphatic carbocycles. The van der Waals surface area contributed by atoms with Crippen molar-refractivity contribution in [3.8, 4) is 0 Å². The first kappa shape index (κ1) is 56.8. The van der Waals surface area contributed by atoms with Crippen LogP contribution in [-0.4, -0.2) is 42.1 Å². The van der Waals surface area contributed by atoms with E-state index in [4.69, 9.17) is 91.9 Å². The van der Waals surface area contributed by atoms with Gasteiger partial charge < -0.3 is 91.9 Å². The average molecular weight is 584 g/mol. The molecule has 26 nitrogen and oxygen atoms in total. The van der Waals surface area contributed by atoms with E-state index < -0.39 is 30.5 Å². The van der Waals surface area contributed by atoms with E-state index in [1.54, 1.807) is 0 Å². The predicted molar refractivity (Wildman–Crippen MR) is 88.1 cm³/mol. The van der Waals surface area contributed by atoms with Crippen LogP contribution in [0.3, 0.4) is 0 Å². The maximum absolute atomic E-state index is 10.0. The van der Waals surface area contributed by atoms with E-state index in [-0.39, 0.29) is 56.8 Å². The monoisotopic (exact) mass is 583 g/mol. The first-order valence-corrected chi connectivity index (χ1v) is 5.40. The molecule has 1 radical (unpaired) electrons. The Morgan fingerprint density at radius 1 is 0.455 bits per heavy atom. The molecule has 0 aromatic rings. The van der Waals surface area contributed by atoms with E-state index in [2.05, 4.69) is 0 Å². The fourth-order valence-corrected chi connectivity index (χ4v) is 0.351. The molecule has 0 aromatic heterocycles. The summed E-state index contributed by atoms with van der Waals surface area (Å²) in [6.45, 7) is 2.81. The standard InChI is InChI=1S/C5H8O2.Cu.6NO3.Ti/c1-4(6)3-5(2)7;;6*2-1(3)4;/h3H2,1-2H3;;;;;;;;/q;+2;6*-1;+4. The first-order chi connectivity index (χ1) is 13.5. The molecule has 193 valence electrons. The van der Waals surface area contributed by atoms with Crippen molar-refractivity contribution in [2.75, 3.05) is 0 Å². The van der Waals surface area contributed by atoms with Crippen molar-refractivity contribution >= 4 is 11.6 Å². The number of rotatable bonds is 2. The van der Waals surface area contributed by atoms with Gasteiger partial charge in [0.1, 0.15) is 11.6 Å². The van der Waals surface area contributed by atoms with Crippen molar-refractivity contribution in [1.82, 2.24) is 0 Å². The molecule has 0 spiro atoms. The quantitative estimate of drug-likeness (QED) is 0.164. The number of nitrogens with zero attached hydrogens (tertiary/aromatic N) is 6. The third-order valence-corrected chi connectivity index (χ3v) is 0.498. The molecule has 0 amide bonds. The van der Waals surface area contributed by atoms with E-state index in [0.717, 1.165) is 0 Å². The summed E-state index contributed by atoms with van der Waals surface area (Å²) in [6.07, 6.45) is 0.0833. The number of carbonyl (C=O) groups is 2.